The van der Waals surface area contributed by atoms with E-state index in [0.29, 0.717) is 12.5 Å². The van der Waals surface area contributed by atoms with Gasteiger partial charge in [0.1, 0.15) is 0 Å². The minimum absolute atomic E-state index is 0.0738. The maximum Gasteiger partial charge on any atom is 0.306 e. The summed E-state index contributed by atoms with van der Waals surface area (Å²) in [6.07, 6.45) is 5.42. The molecule has 1 aliphatic carbocycles. The number of piperazine rings is 1. The van der Waals surface area contributed by atoms with Gasteiger partial charge in [-0.05, 0) is 45.6 Å². The molecule has 0 aromatic heterocycles. The van der Waals surface area contributed by atoms with E-state index < -0.39 is 5.97 Å². The van der Waals surface area contributed by atoms with E-state index in [1.165, 1.54) is 19.4 Å². The topological polar surface area (TPSA) is 60.9 Å². The van der Waals surface area contributed by atoms with Crippen LogP contribution in [0.2, 0.25) is 0 Å². The van der Waals surface area contributed by atoms with E-state index in [2.05, 4.69) is 11.8 Å². The smallest absolute Gasteiger partial charge is 0.306 e. The molecule has 3 rings (SSSR count). The van der Waals surface area contributed by atoms with Gasteiger partial charge in [0, 0.05) is 31.1 Å². The first kappa shape index (κ1) is 14.8. The average molecular weight is 294 g/mol. The molecule has 2 aliphatic heterocycles. The third-order valence-electron chi connectivity index (χ3n) is 5.59. The summed E-state index contributed by atoms with van der Waals surface area (Å²) in [6.45, 7) is 5.12. The Morgan fingerprint density at radius 3 is 2.57 bits per heavy atom. The second kappa shape index (κ2) is 5.95. The van der Waals surface area contributed by atoms with E-state index in [-0.39, 0.29) is 23.8 Å². The molecule has 0 aromatic carbocycles. The van der Waals surface area contributed by atoms with Gasteiger partial charge in [0.05, 0.1) is 5.92 Å². The number of rotatable bonds is 2. The molecular weight excluding hydrogens is 268 g/mol. The average Bonchev–Trinajstić information content (AvgIpc) is 2.92. The molecule has 5 heteroatoms. The Balaban J connectivity index is 1.65. The number of hydrogen-bond acceptors (Lipinski definition) is 3. The van der Waals surface area contributed by atoms with E-state index >= 15 is 0 Å². The maximum atomic E-state index is 12.8. The Labute approximate surface area is 126 Å². The van der Waals surface area contributed by atoms with Crippen molar-refractivity contribution in [3.05, 3.63) is 0 Å². The van der Waals surface area contributed by atoms with Gasteiger partial charge >= 0.3 is 5.97 Å². The Morgan fingerprint density at radius 2 is 1.81 bits per heavy atom. The standard InChI is InChI=1S/C16H26N2O3/c1-11-9-17-7-3-6-14(17)10-18(11)15(19)12-4-2-5-13(8-12)16(20)21/h11-14H,2-10H2,1H3,(H,20,21). The molecule has 1 N–H and O–H groups in total. The lowest BCUT2D eigenvalue weighted by Gasteiger charge is -2.44. The molecule has 0 aromatic rings. The van der Waals surface area contributed by atoms with E-state index in [0.717, 1.165) is 32.4 Å². The van der Waals surface area contributed by atoms with Crippen LogP contribution in [0.3, 0.4) is 0 Å². The van der Waals surface area contributed by atoms with Crippen LogP contribution in [0.4, 0.5) is 0 Å². The van der Waals surface area contributed by atoms with Gasteiger partial charge in [0.15, 0.2) is 0 Å². The molecule has 3 aliphatic rings. The lowest BCUT2D eigenvalue weighted by molar-refractivity contribution is -0.147. The number of nitrogens with zero attached hydrogens (tertiary/aromatic N) is 2. The third-order valence-corrected chi connectivity index (χ3v) is 5.59. The molecular formula is C16H26N2O3. The van der Waals surface area contributed by atoms with Crippen molar-refractivity contribution in [2.75, 3.05) is 19.6 Å². The van der Waals surface area contributed by atoms with E-state index in [1.54, 1.807) is 0 Å². The molecule has 4 atom stereocenters. The Bertz CT molecular complexity index is 426. The van der Waals surface area contributed by atoms with Crippen molar-refractivity contribution in [3.63, 3.8) is 0 Å². The molecule has 5 nitrogen and oxygen atoms in total. The number of carboxylic acids is 1. The maximum absolute atomic E-state index is 12.8. The van der Waals surface area contributed by atoms with Crippen molar-refractivity contribution in [1.29, 1.82) is 0 Å². The fourth-order valence-corrected chi connectivity index (χ4v) is 4.37. The number of fused-ring (bicyclic) bond motifs is 1. The van der Waals surface area contributed by atoms with Crippen molar-refractivity contribution < 1.29 is 14.7 Å². The van der Waals surface area contributed by atoms with Crippen LogP contribution in [0.1, 0.15) is 45.4 Å². The zero-order chi connectivity index (χ0) is 15.0. The quantitative estimate of drug-likeness (QED) is 0.840. The molecule has 1 saturated carbocycles. The van der Waals surface area contributed by atoms with Crippen molar-refractivity contribution in [3.8, 4) is 0 Å². The zero-order valence-corrected chi connectivity index (χ0v) is 12.8. The fourth-order valence-electron chi connectivity index (χ4n) is 4.37. The summed E-state index contributed by atoms with van der Waals surface area (Å²) in [5, 5.41) is 9.19. The van der Waals surface area contributed by atoms with Crippen LogP contribution < -0.4 is 0 Å². The molecule has 0 bridgehead atoms. The summed E-state index contributed by atoms with van der Waals surface area (Å²) in [5.74, 6) is -0.924. The van der Waals surface area contributed by atoms with Gasteiger partial charge in [-0.25, -0.2) is 0 Å². The molecule has 21 heavy (non-hydrogen) atoms. The normalized spacial score (nSPS) is 37.3. The van der Waals surface area contributed by atoms with Crippen LogP contribution in [-0.4, -0.2) is 58.5 Å². The van der Waals surface area contributed by atoms with Gasteiger partial charge in [-0.15, -0.1) is 0 Å². The molecule has 2 heterocycles. The van der Waals surface area contributed by atoms with Crippen LogP contribution >= 0.6 is 0 Å². The predicted octanol–water partition coefficient (Wildman–Crippen LogP) is 1.57. The van der Waals surface area contributed by atoms with Gasteiger partial charge in [0.2, 0.25) is 5.91 Å². The largest absolute Gasteiger partial charge is 0.481 e. The molecule has 0 spiro atoms. The summed E-state index contributed by atoms with van der Waals surface area (Å²) in [6, 6.07) is 0.793. The van der Waals surface area contributed by atoms with Crippen LogP contribution in [0, 0.1) is 11.8 Å². The number of hydrogen-bond donors (Lipinski definition) is 1. The highest BCUT2D eigenvalue weighted by molar-refractivity contribution is 5.80. The van der Waals surface area contributed by atoms with Gasteiger partial charge in [-0.1, -0.05) is 6.42 Å². The molecule has 3 fully saturated rings. The molecule has 2 saturated heterocycles. The summed E-state index contributed by atoms with van der Waals surface area (Å²) in [4.78, 5) is 28.6. The molecule has 1 amide bonds. The first-order valence-electron chi connectivity index (χ1n) is 8.33. The molecule has 4 unspecified atom stereocenters. The second-order valence-electron chi connectivity index (χ2n) is 7.03. The second-order valence-corrected chi connectivity index (χ2v) is 7.03. The van der Waals surface area contributed by atoms with Crippen molar-refractivity contribution >= 4 is 11.9 Å². The van der Waals surface area contributed by atoms with Crippen LogP contribution in [-0.2, 0) is 9.59 Å². The number of carbonyl (C=O) groups excluding carboxylic acids is 1. The van der Waals surface area contributed by atoms with E-state index in [1.807, 2.05) is 4.90 Å². The number of carboxylic acid groups (broad SMARTS) is 1. The SMILES string of the molecule is CC1CN2CCCC2CN1C(=O)C1CCCC(C(=O)O)C1. The Kier molecular flexibility index (Phi) is 4.20. The fraction of sp³-hybridized carbons (Fsp3) is 0.875. The summed E-state index contributed by atoms with van der Waals surface area (Å²) < 4.78 is 0. The van der Waals surface area contributed by atoms with Gasteiger partial charge in [-0.3, -0.25) is 14.5 Å². The number of amides is 1. The summed E-state index contributed by atoms with van der Waals surface area (Å²) in [5.41, 5.74) is 0. The molecule has 118 valence electrons. The van der Waals surface area contributed by atoms with Crippen LogP contribution in [0.15, 0.2) is 0 Å². The Hall–Kier alpha value is -1.10. The van der Waals surface area contributed by atoms with Crippen molar-refractivity contribution in [1.82, 2.24) is 9.80 Å². The van der Waals surface area contributed by atoms with Crippen molar-refractivity contribution in [2.24, 2.45) is 11.8 Å². The van der Waals surface area contributed by atoms with Crippen LogP contribution in [0.25, 0.3) is 0 Å². The first-order chi connectivity index (χ1) is 10.1. The summed E-state index contributed by atoms with van der Waals surface area (Å²) >= 11 is 0. The summed E-state index contributed by atoms with van der Waals surface area (Å²) in [7, 11) is 0. The van der Waals surface area contributed by atoms with E-state index in [9.17, 15) is 14.7 Å². The number of aliphatic carboxylic acids is 1. The van der Waals surface area contributed by atoms with Gasteiger partial charge in [0.25, 0.3) is 0 Å². The minimum atomic E-state index is -0.735. The van der Waals surface area contributed by atoms with Crippen LogP contribution in [0.5, 0.6) is 0 Å². The predicted molar refractivity (Wildman–Crippen MR) is 78.9 cm³/mol. The molecule has 0 radical (unpaired) electrons. The lowest BCUT2D eigenvalue weighted by Crippen LogP contribution is -2.58. The monoisotopic (exact) mass is 294 g/mol. The highest BCUT2D eigenvalue weighted by atomic mass is 16.4. The highest BCUT2D eigenvalue weighted by Gasteiger charge is 2.40. The van der Waals surface area contributed by atoms with Gasteiger partial charge in [-0.2, -0.15) is 0 Å². The lowest BCUT2D eigenvalue weighted by atomic mass is 9.80. The minimum Gasteiger partial charge on any atom is -0.481 e. The van der Waals surface area contributed by atoms with E-state index in [4.69, 9.17) is 0 Å². The Morgan fingerprint density at radius 1 is 1.05 bits per heavy atom. The first-order valence-corrected chi connectivity index (χ1v) is 8.33. The zero-order valence-electron chi connectivity index (χ0n) is 12.8. The van der Waals surface area contributed by atoms with Crippen molar-refractivity contribution in [2.45, 2.75) is 57.5 Å². The third kappa shape index (κ3) is 2.93. The highest BCUT2D eigenvalue weighted by Crippen LogP contribution is 2.33. The van der Waals surface area contributed by atoms with Gasteiger partial charge < -0.3 is 10.0 Å². The number of carbonyl (C=O) groups is 2.